The normalized spacial score (nSPS) is 9.64. The third-order valence-corrected chi connectivity index (χ3v) is 2.27. The van der Waals surface area contributed by atoms with E-state index in [1.807, 2.05) is 6.92 Å². The van der Waals surface area contributed by atoms with Crippen molar-refractivity contribution in [3.63, 3.8) is 0 Å². The smallest absolute Gasteiger partial charge is 0.322 e. The topological polar surface area (TPSA) is 45.2 Å². The van der Waals surface area contributed by atoms with E-state index in [-0.39, 0.29) is 6.03 Å². The Balaban J connectivity index is 2.65. The monoisotopic (exact) mass is 257 g/mol. The van der Waals surface area contributed by atoms with Crippen LogP contribution in [0, 0.1) is 0 Å². The highest BCUT2D eigenvalue weighted by atomic mass is 79.9. The van der Waals surface area contributed by atoms with Gasteiger partial charge in [-0.1, -0.05) is 15.9 Å². The summed E-state index contributed by atoms with van der Waals surface area (Å²) in [5.41, 5.74) is 0. The van der Waals surface area contributed by atoms with Gasteiger partial charge in [0, 0.05) is 24.3 Å². The van der Waals surface area contributed by atoms with Gasteiger partial charge in [0.2, 0.25) is 0 Å². The molecule has 1 heterocycles. The molecule has 0 aromatic carbocycles. The lowest BCUT2D eigenvalue weighted by Gasteiger charge is -2.14. The van der Waals surface area contributed by atoms with Crippen LogP contribution in [-0.2, 0) is 0 Å². The van der Waals surface area contributed by atoms with Crippen LogP contribution in [0.1, 0.15) is 6.92 Å². The summed E-state index contributed by atoms with van der Waals surface area (Å²) >= 11 is 3.30. The number of urea groups is 1. The maximum absolute atomic E-state index is 11.4. The molecule has 0 unspecified atom stereocenters. The number of rotatable bonds is 2. The van der Waals surface area contributed by atoms with Crippen molar-refractivity contribution in [1.82, 2.24) is 9.88 Å². The third-order valence-electron chi connectivity index (χ3n) is 1.78. The van der Waals surface area contributed by atoms with Gasteiger partial charge in [0.25, 0.3) is 0 Å². The molecule has 0 saturated carbocycles. The first-order valence-corrected chi connectivity index (χ1v) is 5.06. The predicted octanol–water partition coefficient (Wildman–Crippen LogP) is 2.33. The SMILES string of the molecule is CCN(C)C(=O)Nc1cc(Br)ccn1. The van der Waals surface area contributed by atoms with Crippen LogP contribution in [0.15, 0.2) is 22.8 Å². The summed E-state index contributed by atoms with van der Waals surface area (Å²) in [5, 5.41) is 2.68. The Morgan fingerprint density at radius 1 is 1.71 bits per heavy atom. The second-order valence-electron chi connectivity index (χ2n) is 2.80. The van der Waals surface area contributed by atoms with E-state index in [9.17, 15) is 4.79 Å². The van der Waals surface area contributed by atoms with Crippen molar-refractivity contribution in [1.29, 1.82) is 0 Å². The summed E-state index contributed by atoms with van der Waals surface area (Å²) in [5.74, 6) is 0.546. The Morgan fingerprint density at radius 3 is 3.00 bits per heavy atom. The molecule has 2 amide bonds. The molecule has 1 rings (SSSR count). The minimum Gasteiger partial charge on any atom is -0.328 e. The van der Waals surface area contributed by atoms with Crippen molar-refractivity contribution in [2.24, 2.45) is 0 Å². The van der Waals surface area contributed by atoms with Gasteiger partial charge in [0.1, 0.15) is 5.82 Å². The van der Waals surface area contributed by atoms with Gasteiger partial charge in [-0.05, 0) is 19.1 Å². The predicted molar refractivity (Wildman–Crippen MR) is 59.3 cm³/mol. The lowest BCUT2D eigenvalue weighted by molar-refractivity contribution is 0.224. The van der Waals surface area contributed by atoms with Gasteiger partial charge in [0.05, 0.1) is 0 Å². The summed E-state index contributed by atoms with van der Waals surface area (Å²) in [7, 11) is 1.73. The minimum atomic E-state index is -0.155. The standard InChI is InChI=1S/C9H12BrN3O/c1-3-13(2)9(14)12-8-6-7(10)4-5-11-8/h4-6H,3H2,1-2H3,(H,11,12,14). The number of nitrogens with zero attached hydrogens (tertiary/aromatic N) is 2. The Hall–Kier alpha value is -1.10. The van der Waals surface area contributed by atoms with Crippen molar-refractivity contribution >= 4 is 27.8 Å². The average Bonchev–Trinajstić information content (AvgIpc) is 2.16. The number of hydrogen-bond donors (Lipinski definition) is 1. The lowest BCUT2D eigenvalue weighted by Crippen LogP contribution is -2.31. The van der Waals surface area contributed by atoms with Crippen LogP contribution in [0.5, 0.6) is 0 Å². The van der Waals surface area contributed by atoms with Crippen molar-refractivity contribution < 1.29 is 4.79 Å². The number of amides is 2. The number of pyridine rings is 1. The number of carbonyl (C=O) groups is 1. The summed E-state index contributed by atoms with van der Waals surface area (Å²) < 4.78 is 0.891. The van der Waals surface area contributed by atoms with Gasteiger partial charge >= 0.3 is 6.03 Å². The molecule has 1 aromatic rings. The Kier molecular flexibility index (Phi) is 3.88. The van der Waals surface area contributed by atoms with Crippen molar-refractivity contribution in [3.8, 4) is 0 Å². The summed E-state index contributed by atoms with van der Waals surface area (Å²) in [6.45, 7) is 2.58. The van der Waals surface area contributed by atoms with E-state index in [0.29, 0.717) is 12.4 Å². The van der Waals surface area contributed by atoms with Crippen molar-refractivity contribution in [2.45, 2.75) is 6.92 Å². The van der Waals surface area contributed by atoms with Crippen molar-refractivity contribution in [3.05, 3.63) is 22.8 Å². The Labute approximate surface area is 91.4 Å². The van der Waals surface area contributed by atoms with E-state index in [1.54, 1.807) is 30.3 Å². The molecule has 0 fully saturated rings. The van der Waals surface area contributed by atoms with Gasteiger partial charge < -0.3 is 4.90 Å². The minimum absolute atomic E-state index is 0.155. The second-order valence-corrected chi connectivity index (χ2v) is 3.72. The first-order chi connectivity index (χ1) is 6.63. The molecule has 5 heteroatoms. The molecule has 0 spiro atoms. The zero-order valence-electron chi connectivity index (χ0n) is 8.12. The Morgan fingerprint density at radius 2 is 2.43 bits per heavy atom. The first-order valence-electron chi connectivity index (χ1n) is 4.27. The maximum Gasteiger partial charge on any atom is 0.322 e. The van der Waals surface area contributed by atoms with Gasteiger partial charge in [-0.15, -0.1) is 0 Å². The zero-order valence-corrected chi connectivity index (χ0v) is 9.71. The van der Waals surface area contributed by atoms with E-state index in [1.165, 1.54) is 0 Å². The lowest BCUT2D eigenvalue weighted by atomic mass is 10.4. The van der Waals surface area contributed by atoms with Crippen LogP contribution in [0.3, 0.4) is 0 Å². The molecule has 0 aliphatic heterocycles. The fourth-order valence-corrected chi connectivity index (χ4v) is 1.16. The molecule has 0 radical (unpaired) electrons. The van der Waals surface area contributed by atoms with Gasteiger partial charge in [0.15, 0.2) is 0 Å². The van der Waals surface area contributed by atoms with E-state index in [4.69, 9.17) is 0 Å². The molecule has 0 bridgehead atoms. The summed E-state index contributed by atoms with van der Waals surface area (Å²) in [6, 6.07) is 3.40. The molecule has 0 aliphatic rings. The Bertz CT molecular complexity index is 330. The van der Waals surface area contributed by atoms with E-state index >= 15 is 0 Å². The van der Waals surface area contributed by atoms with Crippen molar-refractivity contribution in [2.75, 3.05) is 18.9 Å². The van der Waals surface area contributed by atoms with Gasteiger partial charge in [-0.3, -0.25) is 5.32 Å². The average molecular weight is 258 g/mol. The number of anilines is 1. The van der Waals surface area contributed by atoms with Gasteiger partial charge in [-0.25, -0.2) is 9.78 Å². The molecule has 0 saturated heterocycles. The molecular weight excluding hydrogens is 246 g/mol. The highest BCUT2D eigenvalue weighted by Gasteiger charge is 2.06. The quantitative estimate of drug-likeness (QED) is 0.884. The molecular formula is C9H12BrN3O. The molecule has 14 heavy (non-hydrogen) atoms. The van der Waals surface area contributed by atoms with Crippen LogP contribution in [0.4, 0.5) is 10.6 Å². The number of carbonyl (C=O) groups excluding carboxylic acids is 1. The summed E-state index contributed by atoms with van der Waals surface area (Å²) in [4.78, 5) is 17.0. The van der Waals surface area contributed by atoms with Crippen LogP contribution < -0.4 is 5.32 Å². The number of halogens is 1. The van der Waals surface area contributed by atoms with Crippen LogP contribution in [-0.4, -0.2) is 29.5 Å². The highest BCUT2D eigenvalue weighted by Crippen LogP contribution is 2.12. The molecule has 1 aromatic heterocycles. The zero-order chi connectivity index (χ0) is 10.6. The third kappa shape index (κ3) is 2.99. The van der Waals surface area contributed by atoms with Crippen LogP contribution in [0.25, 0.3) is 0 Å². The molecule has 4 nitrogen and oxygen atoms in total. The molecule has 0 aliphatic carbocycles. The first kappa shape index (κ1) is 11.0. The van der Waals surface area contributed by atoms with Gasteiger partial charge in [-0.2, -0.15) is 0 Å². The molecule has 0 atom stereocenters. The maximum atomic E-state index is 11.4. The van der Waals surface area contributed by atoms with Crippen LogP contribution >= 0.6 is 15.9 Å². The molecule has 1 N–H and O–H groups in total. The van der Waals surface area contributed by atoms with E-state index in [0.717, 1.165) is 4.47 Å². The number of hydrogen-bond acceptors (Lipinski definition) is 2. The highest BCUT2D eigenvalue weighted by molar-refractivity contribution is 9.10. The largest absolute Gasteiger partial charge is 0.328 e. The fraction of sp³-hybridized carbons (Fsp3) is 0.333. The van der Waals surface area contributed by atoms with E-state index in [2.05, 4.69) is 26.2 Å². The summed E-state index contributed by atoms with van der Waals surface area (Å²) in [6.07, 6.45) is 1.63. The number of nitrogens with one attached hydrogen (secondary N) is 1. The molecule has 76 valence electrons. The van der Waals surface area contributed by atoms with Crippen LogP contribution in [0.2, 0.25) is 0 Å². The van der Waals surface area contributed by atoms with E-state index < -0.39 is 0 Å². The number of aromatic nitrogens is 1. The second kappa shape index (κ2) is 4.95. The fourth-order valence-electron chi connectivity index (χ4n) is 0.822.